The lowest BCUT2D eigenvalue weighted by Gasteiger charge is -2.36. The molecule has 1 fully saturated rings. The van der Waals surface area contributed by atoms with Crippen molar-refractivity contribution in [2.45, 2.75) is 0 Å². The molecular formula is C27H24ClN5O4. The average Bonchev–Trinajstić information content (AvgIpc) is 3.38. The third-order valence-electron chi connectivity index (χ3n) is 6.39. The summed E-state index contributed by atoms with van der Waals surface area (Å²) in [4.78, 5) is 28.2. The van der Waals surface area contributed by atoms with Crippen LogP contribution in [-0.2, 0) is 0 Å². The monoisotopic (exact) mass is 517 g/mol. The molecule has 1 aliphatic heterocycles. The van der Waals surface area contributed by atoms with Crippen molar-refractivity contribution in [3.8, 4) is 22.7 Å². The molecule has 188 valence electrons. The van der Waals surface area contributed by atoms with Gasteiger partial charge in [-0.15, -0.1) is 0 Å². The second kappa shape index (κ2) is 10.3. The number of amides is 1. The van der Waals surface area contributed by atoms with Crippen molar-refractivity contribution in [3.05, 3.63) is 99.7 Å². The molecule has 0 saturated carbocycles. The summed E-state index contributed by atoms with van der Waals surface area (Å²) in [6.07, 6.45) is 0. The van der Waals surface area contributed by atoms with Gasteiger partial charge in [-0.2, -0.15) is 5.10 Å². The van der Waals surface area contributed by atoms with Gasteiger partial charge in [0.25, 0.3) is 11.6 Å². The van der Waals surface area contributed by atoms with E-state index in [-0.39, 0.29) is 11.6 Å². The van der Waals surface area contributed by atoms with Crippen molar-refractivity contribution >= 4 is 28.9 Å². The number of nitro benzene ring substituents is 1. The number of carbonyl (C=O) groups excluding carboxylic acids is 1. The summed E-state index contributed by atoms with van der Waals surface area (Å²) in [5.41, 5.74) is 3.48. The van der Waals surface area contributed by atoms with Crippen molar-refractivity contribution in [2.75, 3.05) is 38.2 Å². The van der Waals surface area contributed by atoms with Crippen LogP contribution in [0, 0.1) is 10.1 Å². The number of rotatable bonds is 6. The lowest BCUT2D eigenvalue weighted by atomic mass is 10.1. The third kappa shape index (κ3) is 4.99. The molecule has 0 N–H and O–H groups in total. The molecule has 37 heavy (non-hydrogen) atoms. The number of hydrogen-bond donors (Lipinski definition) is 0. The van der Waals surface area contributed by atoms with Crippen LogP contribution in [0.15, 0.2) is 78.9 Å². The Kier molecular flexibility index (Phi) is 6.78. The molecule has 3 aromatic carbocycles. The van der Waals surface area contributed by atoms with Crippen LogP contribution in [0.3, 0.4) is 0 Å². The van der Waals surface area contributed by atoms with Crippen molar-refractivity contribution in [1.29, 1.82) is 0 Å². The Labute approximate surface area is 218 Å². The highest BCUT2D eigenvalue weighted by Crippen LogP contribution is 2.28. The highest BCUT2D eigenvalue weighted by molar-refractivity contribution is 6.32. The normalized spacial score (nSPS) is 13.5. The van der Waals surface area contributed by atoms with Crippen molar-refractivity contribution in [2.24, 2.45) is 0 Å². The molecule has 1 saturated heterocycles. The molecule has 10 heteroatoms. The molecule has 1 amide bonds. The van der Waals surface area contributed by atoms with Gasteiger partial charge in [0.05, 0.1) is 28.4 Å². The summed E-state index contributed by atoms with van der Waals surface area (Å²) in [5.74, 6) is 0.590. The second-order valence-electron chi connectivity index (χ2n) is 8.56. The molecule has 2 heterocycles. The molecule has 0 aliphatic carbocycles. The summed E-state index contributed by atoms with van der Waals surface area (Å²) in [6, 6.07) is 23.0. The van der Waals surface area contributed by atoms with Crippen LogP contribution < -0.4 is 9.64 Å². The SMILES string of the molecule is COc1ccc(-c2cc(C(=O)N3CCN(c4ccc([N+](=O)[O-])cc4)CC3)n(-c3ccccc3Cl)n2)cc1. The maximum atomic E-state index is 13.7. The number of nitrogens with zero attached hydrogens (tertiary/aromatic N) is 5. The molecule has 1 aromatic heterocycles. The zero-order valence-corrected chi connectivity index (χ0v) is 20.8. The lowest BCUT2D eigenvalue weighted by molar-refractivity contribution is -0.384. The number of benzene rings is 3. The standard InChI is InChI=1S/C27H24ClN5O4/c1-37-22-12-6-19(7-13-22)24-18-26(32(29-24)25-5-3-2-4-23(25)28)27(34)31-16-14-30(15-17-31)20-8-10-21(11-9-20)33(35)36/h2-13,18H,14-17H2,1H3. The quantitative estimate of drug-likeness (QED) is 0.262. The number of piperazine rings is 1. The summed E-state index contributed by atoms with van der Waals surface area (Å²) >= 11 is 6.48. The van der Waals surface area contributed by atoms with Crippen molar-refractivity contribution in [3.63, 3.8) is 0 Å². The molecule has 5 rings (SSSR count). The largest absolute Gasteiger partial charge is 0.497 e. The first-order chi connectivity index (χ1) is 17.9. The topological polar surface area (TPSA) is 93.7 Å². The number of aromatic nitrogens is 2. The number of halogens is 1. The minimum atomic E-state index is -0.414. The van der Waals surface area contributed by atoms with Crippen LogP contribution in [0.1, 0.15) is 10.5 Å². The minimum Gasteiger partial charge on any atom is -0.497 e. The van der Waals surface area contributed by atoms with Gasteiger partial charge in [0, 0.05) is 49.6 Å². The van der Waals surface area contributed by atoms with Gasteiger partial charge in [-0.1, -0.05) is 23.7 Å². The summed E-state index contributed by atoms with van der Waals surface area (Å²) in [5, 5.41) is 16.2. The van der Waals surface area contributed by atoms with Crippen molar-refractivity contribution < 1.29 is 14.5 Å². The predicted octanol–water partition coefficient (Wildman–Crippen LogP) is 5.07. The fourth-order valence-corrected chi connectivity index (χ4v) is 4.57. The van der Waals surface area contributed by atoms with Gasteiger partial charge in [0.15, 0.2) is 0 Å². The van der Waals surface area contributed by atoms with Gasteiger partial charge in [-0.05, 0) is 54.6 Å². The van der Waals surface area contributed by atoms with Crippen LogP contribution in [0.2, 0.25) is 5.02 Å². The third-order valence-corrected chi connectivity index (χ3v) is 6.71. The highest BCUT2D eigenvalue weighted by atomic mass is 35.5. The number of non-ortho nitro benzene ring substituents is 1. The Morgan fingerprint density at radius 2 is 1.65 bits per heavy atom. The van der Waals surface area contributed by atoms with Gasteiger partial charge < -0.3 is 14.5 Å². The number of methoxy groups -OCH3 is 1. The number of carbonyl (C=O) groups is 1. The fourth-order valence-electron chi connectivity index (χ4n) is 4.36. The van der Waals surface area contributed by atoms with Gasteiger partial charge in [-0.25, -0.2) is 4.68 Å². The fraction of sp³-hybridized carbons (Fsp3) is 0.185. The second-order valence-corrected chi connectivity index (χ2v) is 8.97. The number of nitro groups is 1. The van der Waals surface area contributed by atoms with Crippen molar-refractivity contribution in [1.82, 2.24) is 14.7 Å². The molecule has 0 unspecified atom stereocenters. The van der Waals surface area contributed by atoms with E-state index in [1.54, 1.807) is 41.0 Å². The van der Waals surface area contributed by atoms with E-state index < -0.39 is 4.92 Å². The molecule has 4 aromatic rings. The Balaban J connectivity index is 1.40. The van der Waals surface area contributed by atoms with E-state index in [4.69, 9.17) is 21.4 Å². The Morgan fingerprint density at radius 1 is 0.973 bits per heavy atom. The average molecular weight is 518 g/mol. The first-order valence-electron chi connectivity index (χ1n) is 11.7. The lowest BCUT2D eigenvalue weighted by Crippen LogP contribution is -2.49. The maximum Gasteiger partial charge on any atom is 0.272 e. The zero-order valence-electron chi connectivity index (χ0n) is 20.1. The molecular weight excluding hydrogens is 494 g/mol. The summed E-state index contributed by atoms with van der Waals surface area (Å²) in [7, 11) is 1.61. The van der Waals surface area contributed by atoms with E-state index in [9.17, 15) is 14.9 Å². The molecule has 1 aliphatic rings. The number of ether oxygens (including phenoxy) is 1. The Morgan fingerprint density at radius 3 is 2.27 bits per heavy atom. The molecule has 0 bridgehead atoms. The van der Waals surface area contributed by atoms with Gasteiger partial charge in [0.2, 0.25) is 0 Å². The first-order valence-corrected chi connectivity index (χ1v) is 12.1. The maximum absolute atomic E-state index is 13.7. The van der Waals surface area contributed by atoms with E-state index in [0.29, 0.717) is 48.3 Å². The predicted molar refractivity (Wildman–Crippen MR) is 142 cm³/mol. The van der Waals surface area contributed by atoms with Crippen LogP contribution in [0.25, 0.3) is 16.9 Å². The molecule has 0 spiro atoms. The van der Waals surface area contributed by atoms with E-state index in [1.807, 2.05) is 42.5 Å². The summed E-state index contributed by atoms with van der Waals surface area (Å²) in [6.45, 7) is 2.22. The van der Waals surface area contributed by atoms with Gasteiger partial charge >= 0.3 is 0 Å². The van der Waals surface area contributed by atoms with Crippen LogP contribution >= 0.6 is 11.6 Å². The van der Waals surface area contributed by atoms with Gasteiger partial charge in [0.1, 0.15) is 11.4 Å². The van der Waals surface area contributed by atoms with E-state index in [2.05, 4.69) is 4.90 Å². The van der Waals surface area contributed by atoms with Crippen LogP contribution in [-0.4, -0.2) is 58.8 Å². The van der Waals surface area contributed by atoms with E-state index in [1.165, 1.54) is 12.1 Å². The zero-order chi connectivity index (χ0) is 25.9. The molecule has 0 radical (unpaired) electrons. The number of hydrogen-bond acceptors (Lipinski definition) is 6. The van der Waals surface area contributed by atoms with Crippen LogP contribution in [0.4, 0.5) is 11.4 Å². The molecule has 9 nitrogen and oxygen atoms in total. The van der Waals surface area contributed by atoms with E-state index in [0.717, 1.165) is 17.0 Å². The summed E-state index contributed by atoms with van der Waals surface area (Å²) < 4.78 is 6.86. The van der Waals surface area contributed by atoms with Crippen LogP contribution in [0.5, 0.6) is 5.75 Å². The minimum absolute atomic E-state index is 0.0538. The van der Waals surface area contributed by atoms with E-state index >= 15 is 0 Å². The molecule has 0 atom stereocenters. The highest BCUT2D eigenvalue weighted by Gasteiger charge is 2.27. The first kappa shape index (κ1) is 24.3. The Bertz CT molecular complexity index is 1430. The number of para-hydroxylation sites is 1. The van der Waals surface area contributed by atoms with Gasteiger partial charge in [-0.3, -0.25) is 14.9 Å². The smallest absolute Gasteiger partial charge is 0.272 e. The number of anilines is 1. The Hall–Kier alpha value is -4.37.